The average Bonchev–Trinajstić information content (AvgIpc) is 2.49. The highest BCUT2D eigenvalue weighted by Gasteiger charge is 2.21. The summed E-state index contributed by atoms with van der Waals surface area (Å²) >= 11 is 0. The van der Waals surface area contributed by atoms with E-state index in [1.165, 1.54) is 12.1 Å². The van der Waals surface area contributed by atoms with Gasteiger partial charge in [0.05, 0.1) is 5.56 Å². The predicted molar refractivity (Wildman–Crippen MR) is 68.0 cm³/mol. The van der Waals surface area contributed by atoms with Gasteiger partial charge in [-0.2, -0.15) is 0 Å². The van der Waals surface area contributed by atoms with E-state index in [4.69, 9.17) is 0 Å². The number of anilines is 2. The molecule has 2 rings (SSSR count). The normalized spacial score (nSPS) is 10.3. The van der Waals surface area contributed by atoms with E-state index in [0.717, 1.165) is 6.20 Å². The second-order valence-electron chi connectivity index (χ2n) is 3.98. The molecule has 21 heavy (non-hydrogen) atoms. The van der Waals surface area contributed by atoms with E-state index >= 15 is 0 Å². The Kier molecular flexibility index (Phi) is 4.06. The van der Waals surface area contributed by atoms with E-state index in [2.05, 4.69) is 10.3 Å². The second-order valence-corrected chi connectivity index (χ2v) is 3.98. The van der Waals surface area contributed by atoms with Gasteiger partial charge in [-0.25, -0.2) is 22.5 Å². The lowest BCUT2D eigenvalue weighted by molar-refractivity contribution is 0.102. The molecule has 1 amide bonds. The van der Waals surface area contributed by atoms with Gasteiger partial charge in [0.25, 0.3) is 5.91 Å². The highest BCUT2D eigenvalue weighted by Crippen LogP contribution is 2.24. The summed E-state index contributed by atoms with van der Waals surface area (Å²) in [5.41, 5.74) is -1.22. The van der Waals surface area contributed by atoms with Crippen molar-refractivity contribution in [2.24, 2.45) is 0 Å². The number of carbonyl (C=O) groups excluding carboxylic acids is 1. The maximum Gasteiger partial charge on any atom is 0.257 e. The van der Waals surface area contributed by atoms with E-state index < -0.39 is 34.9 Å². The van der Waals surface area contributed by atoms with E-state index in [1.54, 1.807) is 12.4 Å². The summed E-state index contributed by atoms with van der Waals surface area (Å²) < 4.78 is 52.9. The van der Waals surface area contributed by atoms with Crippen LogP contribution in [-0.4, -0.2) is 17.9 Å². The number of pyridine rings is 1. The van der Waals surface area contributed by atoms with Crippen molar-refractivity contribution in [3.63, 3.8) is 0 Å². The number of rotatable bonds is 3. The first-order valence-corrected chi connectivity index (χ1v) is 5.72. The molecule has 0 atom stereocenters. The van der Waals surface area contributed by atoms with Crippen LogP contribution < -0.4 is 10.6 Å². The Bertz CT molecular complexity index is 663. The number of hydrogen-bond donors (Lipinski definition) is 2. The van der Waals surface area contributed by atoms with Crippen LogP contribution in [0.3, 0.4) is 0 Å². The summed E-state index contributed by atoms with van der Waals surface area (Å²) in [6.07, 6.45) is 1.15. The minimum atomic E-state index is -1.68. The van der Waals surface area contributed by atoms with Crippen molar-refractivity contribution in [2.45, 2.75) is 0 Å². The molecule has 1 aromatic heterocycles. The number of benzene rings is 1. The minimum Gasteiger partial charge on any atom is -0.373 e. The molecule has 1 heterocycles. The summed E-state index contributed by atoms with van der Waals surface area (Å²) in [5, 5.41) is 4.50. The Morgan fingerprint density at radius 1 is 1.10 bits per heavy atom. The molecule has 0 fully saturated rings. The second kappa shape index (κ2) is 5.78. The SMILES string of the molecule is CNc1ccc(C(=O)Nc2c(F)c(F)cc(F)c2F)cn1. The van der Waals surface area contributed by atoms with Crippen LogP contribution in [-0.2, 0) is 0 Å². The van der Waals surface area contributed by atoms with E-state index in [1.807, 2.05) is 0 Å². The smallest absolute Gasteiger partial charge is 0.257 e. The van der Waals surface area contributed by atoms with Crippen molar-refractivity contribution >= 4 is 17.4 Å². The molecule has 1 aromatic carbocycles. The van der Waals surface area contributed by atoms with Crippen molar-refractivity contribution in [3.05, 3.63) is 53.2 Å². The maximum absolute atomic E-state index is 13.4. The Morgan fingerprint density at radius 3 is 2.19 bits per heavy atom. The minimum absolute atomic E-state index is 0.0301. The van der Waals surface area contributed by atoms with Crippen molar-refractivity contribution in [1.29, 1.82) is 0 Å². The molecule has 0 spiro atoms. The maximum atomic E-state index is 13.4. The largest absolute Gasteiger partial charge is 0.373 e. The highest BCUT2D eigenvalue weighted by atomic mass is 19.2. The van der Waals surface area contributed by atoms with Crippen LogP contribution >= 0.6 is 0 Å². The molecule has 110 valence electrons. The standard InChI is InChI=1S/C13H9F4N3O/c1-18-9-3-2-6(5-19-9)13(21)20-12-10(16)7(14)4-8(15)11(12)17/h2-5H,1H3,(H,18,19)(H,20,21). The lowest BCUT2D eigenvalue weighted by Crippen LogP contribution is -2.16. The molecule has 0 aliphatic heterocycles. The molecule has 0 saturated carbocycles. The molecule has 0 bridgehead atoms. The fraction of sp³-hybridized carbons (Fsp3) is 0.0769. The number of aromatic nitrogens is 1. The average molecular weight is 299 g/mol. The number of amides is 1. The van der Waals surface area contributed by atoms with E-state index in [0.29, 0.717) is 5.82 Å². The van der Waals surface area contributed by atoms with Gasteiger partial charge in [-0.15, -0.1) is 0 Å². The summed E-state index contributed by atoms with van der Waals surface area (Å²) in [5.74, 6) is -7.04. The molecule has 0 radical (unpaired) electrons. The Hall–Kier alpha value is -2.64. The monoisotopic (exact) mass is 299 g/mol. The Labute approximate surface area is 116 Å². The van der Waals surface area contributed by atoms with Gasteiger partial charge in [-0.3, -0.25) is 4.79 Å². The number of hydrogen-bond acceptors (Lipinski definition) is 3. The lowest BCUT2D eigenvalue weighted by atomic mass is 10.2. The molecule has 0 aliphatic rings. The molecular formula is C13H9F4N3O. The molecule has 8 heteroatoms. The Morgan fingerprint density at radius 2 is 1.71 bits per heavy atom. The third-order valence-corrected chi connectivity index (χ3v) is 2.63. The topological polar surface area (TPSA) is 54.0 Å². The first-order valence-electron chi connectivity index (χ1n) is 5.72. The van der Waals surface area contributed by atoms with Gasteiger partial charge in [-0.1, -0.05) is 0 Å². The first kappa shape index (κ1) is 14.8. The van der Waals surface area contributed by atoms with Gasteiger partial charge in [0.2, 0.25) is 0 Å². The number of nitrogens with zero attached hydrogens (tertiary/aromatic N) is 1. The molecule has 0 unspecified atom stereocenters. The predicted octanol–water partition coefficient (Wildman–Crippen LogP) is 2.93. The zero-order valence-electron chi connectivity index (χ0n) is 10.7. The fourth-order valence-corrected chi connectivity index (χ4v) is 1.54. The molecule has 4 nitrogen and oxygen atoms in total. The molecule has 2 aromatic rings. The third kappa shape index (κ3) is 2.93. The van der Waals surface area contributed by atoms with Crippen LogP contribution in [0.5, 0.6) is 0 Å². The summed E-state index contributed by atoms with van der Waals surface area (Å²) in [6.45, 7) is 0. The fourth-order valence-electron chi connectivity index (χ4n) is 1.54. The molecule has 0 aliphatic carbocycles. The van der Waals surface area contributed by atoms with Crippen molar-refractivity contribution in [2.75, 3.05) is 17.7 Å². The third-order valence-electron chi connectivity index (χ3n) is 2.63. The van der Waals surface area contributed by atoms with Gasteiger partial charge in [0, 0.05) is 19.3 Å². The first-order chi connectivity index (χ1) is 9.93. The van der Waals surface area contributed by atoms with Crippen LogP contribution in [0.1, 0.15) is 10.4 Å². The van der Waals surface area contributed by atoms with E-state index in [-0.39, 0.29) is 11.6 Å². The zero-order chi connectivity index (χ0) is 15.6. The number of nitrogens with one attached hydrogen (secondary N) is 2. The molecule has 2 N–H and O–H groups in total. The van der Waals surface area contributed by atoms with Crippen molar-refractivity contribution in [3.8, 4) is 0 Å². The van der Waals surface area contributed by atoms with Crippen LogP contribution in [0.25, 0.3) is 0 Å². The number of carbonyl (C=O) groups is 1. The van der Waals surface area contributed by atoms with E-state index in [9.17, 15) is 22.4 Å². The number of halogens is 4. The van der Waals surface area contributed by atoms with Crippen LogP contribution in [0, 0.1) is 23.3 Å². The Balaban J connectivity index is 2.31. The quantitative estimate of drug-likeness (QED) is 0.677. The van der Waals surface area contributed by atoms with Crippen molar-refractivity contribution in [1.82, 2.24) is 4.98 Å². The lowest BCUT2D eigenvalue weighted by Gasteiger charge is -2.09. The summed E-state index contributed by atoms with van der Waals surface area (Å²) in [6, 6.07) is 2.84. The summed E-state index contributed by atoms with van der Waals surface area (Å²) in [7, 11) is 1.61. The van der Waals surface area contributed by atoms with Gasteiger partial charge in [0.15, 0.2) is 23.3 Å². The molecule has 0 saturated heterocycles. The van der Waals surface area contributed by atoms with Crippen LogP contribution in [0.15, 0.2) is 24.4 Å². The van der Waals surface area contributed by atoms with Crippen LogP contribution in [0.4, 0.5) is 29.1 Å². The van der Waals surface area contributed by atoms with Gasteiger partial charge in [0.1, 0.15) is 11.5 Å². The molecular weight excluding hydrogens is 290 g/mol. The zero-order valence-corrected chi connectivity index (χ0v) is 10.7. The van der Waals surface area contributed by atoms with Gasteiger partial charge >= 0.3 is 0 Å². The highest BCUT2D eigenvalue weighted by molar-refractivity contribution is 6.04. The van der Waals surface area contributed by atoms with Gasteiger partial charge < -0.3 is 10.6 Å². The van der Waals surface area contributed by atoms with Crippen molar-refractivity contribution < 1.29 is 22.4 Å². The summed E-state index contributed by atoms with van der Waals surface area (Å²) in [4.78, 5) is 15.6. The van der Waals surface area contributed by atoms with Crippen LogP contribution in [0.2, 0.25) is 0 Å². The van der Waals surface area contributed by atoms with Gasteiger partial charge in [-0.05, 0) is 12.1 Å².